The quantitative estimate of drug-likeness (QED) is 0.316. The number of piperidine rings is 1. The van der Waals surface area contributed by atoms with Crippen LogP contribution in [0.5, 0.6) is 11.5 Å². The summed E-state index contributed by atoms with van der Waals surface area (Å²) in [6, 6.07) is 25.3. The van der Waals surface area contributed by atoms with E-state index in [0.717, 1.165) is 11.3 Å². The summed E-state index contributed by atoms with van der Waals surface area (Å²) in [4.78, 5) is 3.96. The molecule has 33 heavy (non-hydrogen) atoms. The Morgan fingerprint density at radius 2 is 1.67 bits per heavy atom. The molecule has 0 amide bonds. The Kier molecular flexibility index (Phi) is 7.23. The number of thioether (sulfide) groups is 1. The van der Waals surface area contributed by atoms with Gasteiger partial charge in [0.2, 0.25) is 0 Å². The van der Waals surface area contributed by atoms with Crippen LogP contribution in [0.4, 0.5) is 0 Å². The molecule has 172 valence electrons. The molecule has 2 heterocycles. The van der Waals surface area contributed by atoms with E-state index in [-0.39, 0.29) is 17.6 Å². The summed E-state index contributed by atoms with van der Waals surface area (Å²) < 4.78 is 6.09. The van der Waals surface area contributed by atoms with Gasteiger partial charge in [-0.1, -0.05) is 55.0 Å². The number of nitrogens with zero attached hydrogens (tertiary/aromatic N) is 1. The van der Waals surface area contributed by atoms with Gasteiger partial charge in [0.15, 0.2) is 0 Å². The maximum Gasteiger partial charge on any atom is 0.126 e. The first-order valence-electron chi connectivity index (χ1n) is 12.2. The van der Waals surface area contributed by atoms with E-state index in [1.54, 1.807) is 12.1 Å². The van der Waals surface area contributed by atoms with Crippen LogP contribution >= 0.6 is 11.8 Å². The molecule has 3 aromatic carbocycles. The number of rotatable bonds is 7. The monoisotopic (exact) mass is 459 g/mol. The first-order valence-corrected chi connectivity index (χ1v) is 13.2. The molecule has 1 saturated heterocycles. The fourth-order valence-corrected chi connectivity index (χ4v) is 6.07. The molecule has 1 N–H and O–H groups in total. The molecule has 0 radical (unpaired) electrons. The number of fused-ring (bicyclic) bond motifs is 1. The molecule has 5 rings (SSSR count). The molecule has 3 nitrogen and oxygen atoms in total. The summed E-state index contributed by atoms with van der Waals surface area (Å²) in [5, 5.41) is 9.96. The minimum atomic E-state index is 0.204. The van der Waals surface area contributed by atoms with Gasteiger partial charge < -0.3 is 14.7 Å². The molecule has 4 heteroatoms. The van der Waals surface area contributed by atoms with Crippen molar-refractivity contribution in [2.24, 2.45) is 0 Å². The van der Waals surface area contributed by atoms with E-state index in [4.69, 9.17) is 4.74 Å². The fourth-order valence-electron chi connectivity index (χ4n) is 5.23. The number of ether oxygens (including phenoxy) is 1. The normalized spacial score (nSPS) is 20.7. The highest BCUT2D eigenvalue weighted by Crippen LogP contribution is 2.47. The zero-order valence-corrected chi connectivity index (χ0v) is 20.0. The summed E-state index contributed by atoms with van der Waals surface area (Å²) in [5.41, 5.74) is 3.74. The van der Waals surface area contributed by atoms with Gasteiger partial charge in [-0.25, -0.2) is 0 Å². The Morgan fingerprint density at radius 3 is 2.45 bits per heavy atom. The molecule has 0 aliphatic carbocycles. The molecule has 3 aromatic rings. The number of aromatic hydroxyl groups is 1. The second kappa shape index (κ2) is 10.7. The molecule has 2 aliphatic heterocycles. The fraction of sp³-hybridized carbons (Fsp3) is 0.379. The maximum atomic E-state index is 9.96. The van der Waals surface area contributed by atoms with Crippen LogP contribution in [-0.4, -0.2) is 42.0 Å². The summed E-state index contributed by atoms with van der Waals surface area (Å²) in [7, 11) is 0. The number of likely N-dealkylation sites (tertiary alicyclic amines) is 1. The summed E-state index contributed by atoms with van der Waals surface area (Å²) in [5.74, 6) is 2.66. The second-order valence-electron chi connectivity index (χ2n) is 9.20. The van der Waals surface area contributed by atoms with E-state index >= 15 is 0 Å². The van der Waals surface area contributed by atoms with E-state index in [1.165, 1.54) is 67.1 Å². The van der Waals surface area contributed by atoms with E-state index in [1.807, 2.05) is 17.8 Å². The van der Waals surface area contributed by atoms with Crippen molar-refractivity contribution in [1.29, 1.82) is 0 Å². The van der Waals surface area contributed by atoms with Crippen LogP contribution < -0.4 is 4.74 Å². The van der Waals surface area contributed by atoms with Crippen LogP contribution in [0.2, 0.25) is 0 Å². The first kappa shape index (κ1) is 22.4. The lowest BCUT2D eigenvalue weighted by atomic mass is 9.76. The Labute approximate surface area is 201 Å². The van der Waals surface area contributed by atoms with Crippen LogP contribution in [0.3, 0.4) is 0 Å². The predicted molar refractivity (Wildman–Crippen MR) is 137 cm³/mol. The first-order chi connectivity index (χ1) is 16.3. The largest absolute Gasteiger partial charge is 0.508 e. The third kappa shape index (κ3) is 5.39. The highest BCUT2D eigenvalue weighted by molar-refractivity contribution is 7.99. The molecule has 0 bridgehead atoms. The number of hydrogen-bond donors (Lipinski definition) is 1. The van der Waals surface area contributed by atoms with E-state index in [2.05, 4.69) is 59.5 Å². The zero-order chi connectivity index (χ0) is 22.5. The third-order valence-corrected chi connectivity index (χ3v) is 8.05. The molecule has 1 fully saturated rings. The lowest BCUT2D eigenvalue weighted by molar-refractivity contribution is 0.230. The third-order valence-electron chi connectivity index (χ3n) is 6.96. The van der Waals surface area contributed by atoms with Gasteiger partial charge in [0.05, 0.1) is 6.61 Å². The van der Waals surface area contributed by atoms with Crippen molar-refractivity contribution in [2.45, 2.75) is 42.4 Å². The van der Waals surface area contributed by atoms with Crippen molar-refractivity contribution in [2.75, 3.05) is 32.0 Å². The van der Waals surface area contributed by atoms with Gasteiger partial charge in [-0.2, -0.15) is 0 Å². The summed E-state index contributed by atoms with van der Waals surface area (Å²) >= 11 is 1.96. The van der Waals surface area contributed by atoms with Crippen molar-refractivity contribution < 1.29 is 9.84 Å². The molecule has 0 spiro atoms. The van der Waals surface area contributed by atoms with Gasteiger partial charge >= 0.3 is 0 Å². The smallest absolute Gasteiger partial charge is 0.126 e. The highest BCUT2D eigenvalue weighted by atomic mass is 32.2. The summed E-state index contributed by atoms with van der Waals surface area (Å²) in [6.07, 6.45) is 5.39. The Bertz CT molecular complexity index is 1030. The minimum absolute atomic E-state index is 0.204. The van der Waals surface area contributed by atoms with Gasteiger partial charge in [0, 0.05) is 28.4 Å². The van der Waals surface area contributed by atoms with Crippen molar-refractivity contribution in [1.82, 2.24) is 4.90 Å². The Balaban J connectivity index is 1.30. The van der Waals surface area contributed by atoms with E-state index in [0.29, 0.717) is 6.61 Å². The van der Waals surface area contributed by atoms with E-state index in [9.17, 15) is 5.11 Å². The van der Waals surface area contributed by atoms with Crippen LogP contribution in [0.15, 0.2) is 77.7 Å². The average Bonchev–Trinajstić information content (AvgIpc) is 2.87. The van der Waals surface area contributed by atoms with Crippen molar-refractivity contribution in [3.05, 3.63) is 89.5 Å². The SMILES string of the molecule is Oc1ccc2c(c1)OC[C@H](c1ccccc1)[C@@H]2c1ccc(SCCCN2CCCCC2)cc1. The molecule has 2 aliphatic rings. The van der Waals surface area contributed by atoms with Gasteiger partial charge in [0.1, 0.15) is 11.5 Å². The second-order valence-corrected chi connectivity index (χ2v) is 10.4. The van der Waals surface area contributed by atoms with Crippen LogP contribution in [0.25, 0.3) is 0 Å². The maximum absolute atomic E-state index is 9.96. The molecular weight excluding hydrogens is 426 g/mol. The van der Waals surface area contributed by atoms with Gasteiger partial charge in [-0.15, -0.1) is 11.8 Å². The minimum Gasteiger partial charge on any atom is -0.508 e. The number of phenolic OH excluding ortho intramolecular Hbond substituents is 1. The van der Waals surface area contributed by atoms with Crippen LogP contribution in [0.1, 0.15) is 54.2 Å². The van der Waals surface area contributed by atoms with Crippen molar-refractivity contribution >= 4 is 11.8 Å². The molecule has 0 saturated carbocycles. The molecule has 0 aromatic heterocycles. The average molecular weight is 460 g/mol. The van der Waals surface area contributed by atoms with Gasteiger partial charge in [-0.05, 0) is 74.0 Å². The zero-order valence-electron chi connectivity index (χ0n) is 19.2. The lowest BCUT2D eigenvalue weighted by Gasteiger charge is -2.34. The standard InChI is InChI=1S/C29H33NO2S/c31-24-12-15-26-28(20-24)32-21-27(22-8-3-1-4-9-22)29(26)23-10-13-25(14-11-23)33-19-7-18-30-16-5-2-6-17-30/h1,3-4,8-15,20,27,29,31H,2,5-7,16-19,21H2/t27-,29-/m1/s1. The number of benzene rings is 3. The Hall–Kier alpha value is -2.43. The van der Waals surface area contributed by atoms with Gasteiger partial charge in [-0.3, -0.25) is 0 Å². The summed E-state index contributed by atoms with van der Waals surface area (Å²) in [6.45, 7) is 4.41. The number of phenols is 1. The van der Waals surface area contributed by atoms with Gasteiger partial charge in [0.25, 0.3) is 0 Å². The lowest BCUT2D eigenvalue weighted by Crippen LogP contribution is -2.30. The van der Waals surface area contributed by atoms with Crippen molar-refractivity contribution in [3.8, 4) is 11.5 Å². The Morgan fingerprint density at radius 1 is 0.879 bits per heavy atom. The van der Waals surface area contributed by atoms with E-state index < -0.39 is 0 Å². The predicted octanol–water partition coefficient (Wildman–Crippen LogP) is 6.67. The topological polar surface area (TPSA) is 32.7 Å². The molecular formula is C29H33NO2S. The van der Waals surface area contributed by atoms with Crippen molar-refractivity contribution in [3.63, 3.8) is 0 Å². The van der Waals surface area contributed by atoms with Crippen LogP contribution in [0, 0.1) is 0 Å². The molecule has 2 atom stereocenters. The van der Waals surface area contributed by atoms with Crippen LogP contribution in [-0.2, 0) is 0 Å². The highest BCUT2D eigenvalue weighted by Gasteiger charge is 2.33. The number of hydrogen-bond acceptors (Lipinski definition) is 4. The molecule has 0 unspecified atom stereocenters.